The number of nitrogens with one attached hydrogen (secondary N) is 2. The van der Waals surface area contributed by atoms with E-state index in [1.165, 1.54) is 0 Å². The minimum atomic E-state index is -0.637. The Morgan fingerprint density at radius 1 is 1.07 bits per heavy atom. The van der Waals surface area contributed by atoms with Gasteiger partial charge in [0, 0.05) is 49.0 Å². The van der Waals surface area contributed by atoms with Crippen LogP contribution in [0, 0.1) is 0 Å². The predicted octanol–water partition coefficient (Wildman–Crippen LogP) is 2.89. The summed E-state index contributed by atoms with van der Waals surface area (Å²) in [5, 5.41) is 6.33. The molecular formula is C22H27ClN4O3. The van der Waals surface area contributed by atoms with Gasteiger partial charge in [-0.2, -0.15) is 0 Å². The third kappa shape index (κ3) is 5.57. The molecule has 0 bridgehead atoms. The van der Waals surface area contributed by atoms with E-state index in [9.17, 15) is 9.59 Å². The van der Waals surface area contributed by atoms with Crippen LogP contribution in [0.4, 0.5) is 10.5 Å². The number of amides is 3. The molecule has 2 N–H and O–H groups in total. The van der Waals surface area contributed by atoms with E-state index >= 15 is 0 Å². The lowest BCUT2D eigenvalue weighted by Crippen LogP contribution is -2.55. The summed E-state index contributed by atoms with van der Waals surface area (Å²) in [4.78, 5) is 28.9. The predicted molar refractivity (Wildman–Crippen MR) is 118 cm³/mol. The number of nitrogens with zero attached hydrogens (tertiary/aromatic N) is 2. The molecule has 1 fully saturated rings. The highest BCUT2D eigenvalue weighted by Crippen LogP contribution is 2.19. The number of halogens is 1. The first-order chi connectivity index (χ1) is 14.5. The highest BCUT2D eigenvalue weighted by Gasteiger charge is 2.24. The Labute approximate surface area is 181 Å². The van der Waals surface area contributed by atoms with Gasteiger partial charge in [-0.25, -0.2) is 4.79 Å². The van der Waals surface area contributed by atoms with E-state index in [1.807, 2.05) is 48.5 Å². The van der Waals surface area contributed by atoms with Crippen molar-refractivity contribution >= 4 is 29.2 Å². The van der Waals surface area contributed by atoms with Gasteiger partial charge in [0.25, 0.3) is 0 Å². The maximum atomic E-state index is 12.6. The molecule has 1 aliphatic heterocycles. The van der Waals surface area contributed by atoms with Crippen LogP contribution in [0.15, 0.2) is 48.5 Å². The molecule has 1 saturated heterocycles. The minimum absolute atomic E-state index is 0.231. The summed E-state index contributed by atoms with van der Waals surface area (Å²) in [5.41, 5.74) is 1.97. The zero-order valence-corrected chi connectivity index (χ0v) is 18.0. The summed E-state index contributed by atoms with van der Waals surface area (Å²) >= 11 is 5.94. The number of urea groups is 1. The van der Waals surface area contributed by atoms with E-state index < -0.39 is 6.04 Å². The monoisotopic (exact) mass is 430 g/mol. The number of hydrogen-bond acceptors (Lipinski definition) is 4. The molecule has 1 heterocycles. The molecule has 30 heavy (non-hydrogen) atoms. The maximum absolute atomic E-state index is 12.6. The molecule has 2 aromatic carbocycles. The van der Waals surface area contributed by atoms with Crippen LogP contribution < -0.4 is 20.3 Å². The Morgan fingerprint density at radius 2 is 1.73 bits per heavy atom. The van der Waals surface area contributed by atoms with Crippen LogP contribution in [-0.4, -0.2) is 56.2 Å². The Morgan fingerprint density at radius 3 is 2.40 bits per heavy atom. The lowest BCUT2D eigenvalue weighted by molar-refractivity contribution is -0.122. The number of hydrogen-bond donors (Lipinski definition) is 2. The van der Waals surface area contributed by atoms with E-state index in [-0.39, 0.29) is 11.9 Å². The fourth-order valence-electron chi connectivity index (χ4n) is 3.35. The largest absolute Gasteiger partial charge is 0.496 e. The zero-order valence-electron chi connectivity index (χ0n) is 17.2. The third-order valence-electron chi connectivity index (χ3n) is 5.14. The highest BCUT2D eigenvalue weighted by atomic mass is 35.5. The Balaban J connectivity index is 1.45. The summed E-state index contributed by atoms with van der Waals surface area (Å²) in [6, 6.07) is 14.3. The van der Waals surface area contributed by atoms with Crippen LogP contribution in [0.5, 0.6) is 5.75 Å². The molecule has 7 nitrogen and oxygen atoms in total. The summed E-state index contributed by atoms with van der Waals surface area (Å²) in [6.07, 6.45) is 0. The fraction of sp³-hybridized carbons (Fsp3) is 0.364. The number of methoxy groups -OCH3 is 1. The zero-order chi connectivity index (χ0) is 21.5. The lowest BCUT2D eigenvalue weighted by atomic mass is 10.2. The highest BCUT2D eigenvalue weighted by molar-refractivity contribution is 6.30. The fourth-order valence-corrected chi connectivity index (χ4v) is 3.47. The molecule has 8 heteroatoms. The van der Waals surface area contributed by atoms with Crippen molar-refractivity contribution in [3.63, 3.8) is 0 Å². The van der Waals surface area contributed by atoms with Gasteiger partial charge in [0.2, 0.25) is 5.91 Å². The van der Waals surface area contributed by atoms with E-state index in [4.69, 9.17) is 16.3 Å². The number of anilines is 1. The summed E-state index contributed by atoms with van der Waals surface area (Å²) in [5.74, 6) is 0.474. The van der Waals surface area contributed by atoms with Crippen LogP contribution in [0.1, 0.15) is 12.5 Å². The molecule has 2 aromatic rings. The van der Waals surface area contributed by atoms with Gasteiger partial charge in [-0.1, -0.05) is 29.8 Å². The normalized spacial score (nSPS) is 14.8. The van der Waals surface area contributed by atoms with Crippen LogP contribution in [-0.2, 0) is 11.3 Å². The minimum Gasteiger partial charge on any atom is -0.496 e. The standard InChI is InChI=1S/C22H27ClN4O3/c1-16(21(28)24-15-17-5-3-4-6-20(17)30-2)25-22(29)27-13-11-26(12-14-27)19-9-7-18(23)8-10-19/h3-10,16H,11-15H2,1-2H3,(H,24,28)(H,25,29). The Kier molecular flexibility index (Phi) is 7.41. The molecule has 1 unspecified atom stereocenters. The van der Waals surface area contributed by atoms with Gasteiger partial charge >= 0.3 is 6.03 Å². The maximum Gasteiger partial charge on any atom is 0.318 e. The van der Waals surface area contributed by atoms with Crippen molar-refractivity contribution in [3.8, 4) is 5.75 Å². The van der Waals surface area contributed by atoms with Gasteiger partial charge in [0.15, 0.2) is 0 Å². The topological polar surface area (TPSA) is 73.9 Å². The molecule has 0 aliphatic carbocycles. The van der Waals surface area contributed by atoms with Gasteiger partial charge in [-0.05, 0) is 37.3 Å². The van der Waals surface area contributed by atoms with E-state index in [1.54, 1.807) is 18.9 Å². The van der Waals surface area contributed by atoms with Crippen LogP contribution in [0.2, 0.25) is 5.02 Å². The number of rotatable bonds is 6. The third-order valence-corrected chi connectivity index (χ3v) is 5.39. The van der Waals surface area contributed by atoms with E-state index in [0.29, 0.717) is 30.4 Å². The first kappa shape index (κ1) is 21.8. The number of benzene rings is 2. The number of piperazine rings is 1. The molecule has 3 amide bonds. The van der Waals surface area contributed by atoms with E-state index in [2.05, 4.69) is 15.5 Å². The molecule has 1 atom stereocenters. The van der Waals surface area contributed by atoms with Gasteiger partial charge in [-0.15, -0.1) is 0 Å². The van der Waals surface area contributed by atoms with Crippen molar-refractivity contribution in [2.75, 3.05) is 38.2 Å². The number of para-hydroxylation sites is 1. The molecule has 1 aliphatic rings. The van der Waals surface area contributed by atoms with Gasteiger partial charge < -0.3 is 25.2 Å². The summed E-state index contributed by atoms with van der Waals surface area (Å²) < 4.78 is 5.29. The van der Waals surface area contributed by atoms with Crippen LogP contribution in [0.3, 0.4) is 0 Å². The van der Waals surface area contributed by atoms with Gasteiger partial charge in [0.1, 0.15) is 11.8 Å². The lowest BCUT2D eigenvalue weighted by Gasteiger charge is -2.36. The van der Waals surface area contributed by atoms with Crippen molar-refractivity contribution in [2.45, 2.75) is 19.5 Å². The molecule has 160 valence electrons. The SMILES string of the molecule is COc1ccccc1CNC(=O)C(C)NC(=O)N1CCN(c2ccc(Cl)cc2)CC1. The molecule has 0 aromatic heterocycles. The Hall–Kier alpha value is -2.93. The first-order valence-electron chi connectivity index (χ1n) is 9.93. The molecular weight excluding hydrogens is 404 g/mol. The average Bonchev–Trinajstić information content (AvgIpc) is 2.78. The summed E-state index contributed by atoms with van der Waals surface area (Å²) in [7, 11) is 1.59. The second kappa shape index (κ2) is 10.2. The number of ether oxygens (including phenoxy) is 1. The first-order valence-corrected chi connectivity index (χ1v) is 10.3. The van der Waals surface area contributed by atoms with Crippen molar-refractivity contribution in [3.05, 3.63) is 59.1 Å². The van der Waals surface area contributed by atoms with Gasteiger partial charge in [0.05, 0.1) is 7.11 Å². The van der Waals surface area contributed by atoms with Crippen LogP contribution >= 0.6 is 11.6 Å². The van der Waals surface area contributed by atoms with Crippen LogP contribution in [0.25, 0.3) is 0 Å². The molecule has 0 radical (unpaired) electrons. The van der Waals surface area contributed by atoms with Crippen molar-refractivity contribution in [2.24, 2.45) is 0 Å². The quantitative estimate of drug-likeness (QED) is 0.739. The average molecular weight is 431 g/mol. The smallest absolute Gasteiger partial charge is 0.318 e. The number of carbonyl (C=O) groups is 2. The Bertz CT molecular complexity index is 867. The van der Waals surface area contributed by atoms with Gasteiger partial charge in [-0.3, -0.25) is 4.79 Å². The summed E-state index contributed by atoms with van der Waals surface area (Å²) in [6.45, 7) is 4.64. The second-order valence-corrected chi connectivity index (χ2v) is 7.59. The van der Waals surface area contributed by atoms with Crippen molar-refractivity contribution in [1.29, 1.82) is 0 Å². The molecule has 3 rings (SSSR count). The van der Waals surface area contributed by atoms with Crippen molar-refractivity contribution < 1.29 is 14.3 Å². The van der Waals surface area contributed by atoms with Crippen molar-refractivity contribution in [1.82, 2.24) is 15.5 Å². The molecule has 0 saturated carbocycles. The number of carbonyl (C=O) groups excluding carboxylic acids is 2. The second-order valence-electron chi connectivity index (χ2n) is 7.15. The van der Waals surface area contributed by atoms with E-state index in [0.717, 1.165) is 24.3 Å². The molecule has 0 spiro atoms.